The average molecular weight is 418 g/mol. The molecule has 0 radical (unpaired) electrons. The first-order valence-corrected chi connectivity index (χ1v) is 9.94. The number of methoxy groups -OCH3 is 1. The summed E-state index contributed by atoms with van der Waals surface area (Å²) in [6, 6.07) is 7.39. The van der Waals surface area contributed by atoms with Crippen LogP contribution in [0.15, 0.2) is 24.3 Å². The van der Waals surface area contributed by atoms with Crippen LogP contribution in [0.2, 0.25) is 0 Å². The molecule has 0 spiro atoms. The van der Waals surface area contributed by atoms with Crippen molar-refractivity contribution in [3.05, 3.63) is 46.8 Å². The number of hydrogen-bond acceptors (Lipinski definition) is 6. The van der Waals surface area contributed by atoms with Gasteiger partial charge in [-0.25, -0.2) is 4.79 Å². The molecule has 0 atom stereocenters. The van der Waals surface area contributed by atoms with Crippen molar-refractivity contribution in [2.75, 3.05) is 25.6 Å². The average Bonchev–Trinajstić information content (AvgIpc) is 3.08. The van der Waals surface area contributed by atoms with Gasteiger partial charge in [-0.2, -0.15) is 0 Å². The van der Waals surface area contributed by atoms with Crippen molar-refractivity contribution in [3.8, 4) is 5.75 Å². The number of aliphatic hydroxyl groups excluding tert-OH is 1. The van der Waals surface area contributed by atoms with E-state index in [1.165, 1.54) is 0 Å². The Bertz CT molecular complexity index is 866. The van der Waals surface area contributed by atoms with E-state index in [4.69, 9.17) is 14.6 Å². The highest BCUT2D eigenvalue weighted by Crippen LogP contribution is 2.24. The summed E-state index contributed by atoms with van der Waals surface area (Å²) in [4.78, 5) is 28.6. The van der Waals surface area contributed by atoms with E-state index >= 15 is 0 Å². The van der Waals surface area contributed by atoms with Crippen molar-refractivity contribution < 1.29 is 24.2 Å². The van der Waals surface area contributed by atoms with Crippen LogP contribution in [-0.4, -0.2) is 47.8 Å². The third-order valence-corrected chi connectivity index (χ3v) is 4.32. The van der Waals surface area contributed by atoms with E-state index < -0.39 is 11.6 Å². The quantitative estimate of drug-likeness (QED) is 0.467. The molecule has 1 aromatic carbocycles. The fourth-order valence-electron chi connectivity index (χ4n) is 3.02. The Balaban J connectivity index is 2.37. The maximum atomic E-state index is 12.8. The largest absolute Gasteiger partial charge is 0.497 e. The van der Waals surface area contributed by atoms with Gasteiger partial charge in [-0.15, -0.1) is 0 Å². The summed E-state index contributed by atoms with van der Waals surface area (Å²) in [5.74, 6) is -0.116. The number of anilines is 1. The van der Waals surface area contributed by atoms with E-state index in [0.29, 0.717) is 29.8 Å². The highest BCUT2D eigenvalue weighted by atomic mass is 16.6. The predicted molar refractivity (Wildman–Crippen MR) is 115 cm³/mol. The van der Waals surface area contributed by atoms with Gasteiger partial charge < -0.3 is 30.2 Å². The van der Waals surface area contributed by atoms with Crippen molar-refractivity contribution in [2.24, 2.45) is 0 Å². The van der Waals surface area contributed by atoms with Crippen LogP contribution in [0.4, 0.5) is 5.69 Å². The standard InChI is InChI=1S/C22H31N3O5/c1-6-16-18(20(27)23-11-12-26)17(25-19(16)21(28)30-22(2,3)4)13-24-14-7-9-15(29-5)10-8-14/h7-10,24-26H,6,11-13H2,1-5H3,(H,23,27). The number of aromatic amines is 1. The highest BCUT2D eigenvalue weighted by Gasteiger charge is 2.28. The number of amides is 1. The molecule has 1 heterocycles. The molecule has 2 rings (SSSR count). The Morgan fingerprint density at radius 2 is 1.83 bits per heavy atom. The van der Waals surface area contributed by atoms with Crippen LogP contribution in [0.5, 0.6) is 5.75 Å². The van der Waals surface area contributed by atoms with E-state index in [0.717, 1.165) is 11.4 Å². The first-order chi connectivity index (χ1) is 14.2. The van der Waals surface area contributed by atoms with Gasteiger partial charge in [-0.3, -0.25) is 4.79 Å². The van der Waals surface area contributed by atoms with Gasteiger partial charge in [0.1, 0.15) is 17.0 Å². The van der Waals surface area contributed by atoms with Crippen molar-refractivity contribution >= 4 is 17.6 Å². The van der Waals surface area contributed by atoms with Crippen LogP contribution in [0, 0.1) is 0 Å². The van der Waals surface area contributed by atoms with Crippen LogP contribution < -0.4 is 15.4 Å². The lowest BCUT2D eigenvalue weighted by atomic mass is 10.0. The summed E-state index contributed by atoms with van der Waals surface area (Å²) in [6.45, 7) is 7.50. The van der Waals surface area contributed by atoms with E-state index in [1.807, 2.05) is 31.2 Å². The highest BCUT2D eigenvalue weighted by molar-refractivity contribution is 6.01. The van der Waals surface area contributed by atoms with Crippen LogP contribution in [0.25, 0.3) is 0 Å². The number of benzene rings is 1. The normalized spacial score (nSPS) is 11.1. The number of ether oxygens (including phenoxy) is 2. The van der Waals surface area contributed by atoms with Crippen LogP contribution in [0.1, 0.15) is 59.8 Å². The van der Waals surface area contributed by atoms with Gasteiger partial charge in [-0.05, 0) is 57.0 Å². The molecule has 4 N–H and O–H groups in total. The number of nitrogens with one attached hydrogen (secondary N) is 3. The summed E-state index contributed by atoms with van der Waals surface area (Å²) in [6.07, 6.45) is 0.468. The van der Waals surface area contributed by atoms with Crippen LogP contribution in [-0.2, 0) is 17.7 Å². The molecule has 1 amide bonds. The summed E-state index contributed by atoms with van der Waals surface area (Å²) in [5, 5.41) is 15.0. The molecule has 0 unspecified atom stereocenters. The lowest BCUT2D eigenvalue weighted by molar-refractivity contribution is 0.00622. The van der Waals surface area contributed by atoms with E-state index in [1.54, 1.807) is 27.9 Å². The summed E-state index contributed by atoms with van der Waals surface area (Å²) < 4.78 is 10.7. The Hall–Kier alpha value is -3.00. The van der Waals surface area contributed by atoms with Gasteiger partial charge in [0.05, 0.1) is 25.8 Å². The molecule has 8 nitrogen and oxygen atoms in total. The number of esters is 1. The maximum Gasteiger partial charge on any atom is 0.355 e. The lowest BCUT2D eigenvalue weighted by Crippen LogP contribution is -2.28. The molecule has 0 aliphatic rings. The van der Waals surface area contributed by atoms with E-state index in [9.17, 15) is 9.59 Å². The first kappa shape index (κ1) is 23.3. The Morgan fingerprint density at radius 1 is 1.17 bits per heavy atom. The van der Waals surface area contributed by atoms with Gasteiger partial charge >= 0.3 is 5.97 Å². The second kappa shape index (κ2) is 10.2. The number of aliphatic hydroxyl groups is 1. The number of H-pyrrole nitrogens is 1. The molecule has 1 aromatic heterocycles. The zero-order valence-electron chi connectivity index (χ0n) is 18.2. The molecule has 8 heteroatoms. The SMILES string of the molecule is CCc1c(C(=O)OC(C)(C)C)[nH]c(CNc2ccc(OC)cc2)c1C(=O)NCCO. The maximum absolute atomic E-state index is 12.8. The van der Waals surface area contributed by atoms with Crippen molar-refractivity contribution in [2.45, 2.75) is 46.3 Å². The fraction of sp³-hybridized carbons (Fsp3) is 0.455. The zero-order chi connectivity index (χ0) is 22.3. The molecular formula is C22H31N3O5. The molecule has 0 aliphatic carbocycles. The second-order valence-electron chi connectivity index (χ2n) is 7.75. The number of aromatic nitrogens is 1. The molecule has 0 fully saturated rings. The lowest BCUT2D eigenvalue weighted by Gasteiger charge is -2.19. The molecule has 2 aromatic rings. The minimum atomic E-state index is -0.659. The third-order valence-electron chi connectivity index (χ3n) is 4.32. The molecule has 0 bridgehead atoms. The van der Waals surface area contributed by atoms with E-state index in [-0.39, 0.29) is 24.8 Å². The summed E-state index contributed by atoms with van der Waals surface area (Å²) in [7, 11) is 1.60. The summed E-state index contributed by atoms with van der Waals surface area (Å²) >= 11 is 0. The van der Waals surface area contributed by atoms with Crippen molar-refractivity contribution in [3.63, 3.8) is 0 Å². The van der Waals surface area contributed by atoms with Crippen LogP contribution >= 0.6 is 0 Å². The van der Waals surface area contributed by atoms with Crippen molar-refractivity contribution in [1.29, 1.82) is 0 Å². The minimum Gasteiger partial charge on any atom is -0.497 e. The Labute approximate surface area is 177 Å². The van der Waals surface area contributed by atoms with Crippen molar-refractivity contribution in [1.82, 2.24) is 10.3 Å². The predicted octanol–water partition coefficient (Wildman–Crippen LogP) is 2.88. The molecule has 0 saturated heterocycles. The summed E-state index contributed by atoms with van der Waals surface area (Å²) in [5.41, 5.74) is 2.00. The minimum absolute atomic E-state index is 0.125. The monoisotopic (exact) mass is 417 g/mol. The second-order valence-corrected chi connectivity index (χ2v) is 7.75. The number of hydrogen-bond donors (Lipinski definition) is 4. The zero-order valence-corrected chi connectivity index (χ0v) is 18.2. The topological polar surface area (TPSA) is 113 Å². The number of carbonyl (C=O) groups excluding carboxylic acids is 2. The number of carbonyl (C=O) groups is 2. The molecule has 164 valence electrons. The first-order valence-electron chi connectivity index (χ1n) is 9.94. The van der Waals surface area contributed by atoms with Crippen LogP contribution in [0.3, 0.4) is 0 Å². The van der Waals surface area contributed by atoms with Gasteiger partial charge in [0.2, 0.25) is 0 Å². The van der Waals surface area contributed by atoms with Gasteiger partial charge in [0, 0.05) is 17.9 Å². The van der Waals surface area contributed by atoms with Gasteiger partial charge in [0.25, 0.3) is 5.91 Å². The molecule has 0 aliphatic heterocycles. The molecular weight excluding hydrogens is 386 g/mol. The Kier molecular flexibility index (Phi) is 7.88. The Morgan fingerprint density at radius 3 is 2.37 bits per heavy atom. The molecule has 0 saturated carbocycles. The van der Waals surface area contributed by atoms with Gasteiger partial charge in [0.15, 0.2) is 0 Å². The third kappa shape index (κ3) is 6.00. The van der Waals surface area contributed by atoms with Gasteiger partial charge in [-0.1, -0.05) is 6.92 Å². The smallest absolute Gasteiger partial charge is 0.355 e. The van der Waals surface area contributed by atoms with E-state index in [2.05, 4.69) is 15.6 Å². The fourth-order valence-corrected chi connectivity index (χ4v) is 3.02. The number of rotatable bonds is 9. The molecule has 30 heavy (non-hydrogen) atoms.